The van der Waals surface area contributed by atoms with Crippen molar-refractivity contribution in [3.63, 3.8) is 0 Å². The van der Waals surface area contributed by atoms with Crippen LogP contribution >= 0.6 is 21.6 Å². The summed E-state index contributed by atoms with van der Waals surface area (Å²) < 4.78 is 4.91. The van der Waals surface area contributed by atoms with Gasteiger partial charge in [-0.1, -0.05) is 35.4 Å². The highest BCUT2D eigenvalue weighted by atomic mass is 33.1. The fourth-order valence-corrected chi connectivity index (χ4v) is 6.60. The number of carbonyl (C=O) groups is 10. The number of carboxylic acid groups (broad SMARTS) is 4. The van der Waals surface area contributed by atoms with Crippen molar-refractivity contribution in [1.82, 2.24) is 47.4 Å². The lowest BCUT2D eigenvalue weighted by atomic mass is 9.92. The highest BCUT2D eigenvalue weighted by Gasteiger charge is 2.32. The van der Waals surface area contributed by atoms with Crippen molar-refractivity contribution >= 4 is 81.2 Å². The summed E-state index contributed by atoms with van der Waals surface area (Å²) in [5.41, 5.74) is 4.66. The summed E-state index contributed by atoms with van der Waals surface area (Å²) in [7, 11) is 2.19. The van der Waals surface area contributed by atoms with E-state index in [1.165, 1.54) is 12.5 Å². The number of imidazole rings is 1. The number of Topliss-reactive ketones (excluding diaryl/α,β-unsaturated/α-hetero) is 1. The standard InChI is InChI=1S/C33H51N9O15S2/c1-18(2)27(48)41-42-33(56)57-10-11-58-59-16-23(30(52)53)38-28(49)19(12-20-15-34-17-37-20)13-24(43)22(14-26(46)47)40-32(55)35-8-4-3-6-21(29(50)51)39-31(54)36-9-5-7-25(44)45/h15,17-19,21-23H,3-14,16H2,1-2H3,(H,34,37)(H,38,49)(H,41,48)(H,42,56)(H,44,45)(H,46,47)(H,50,51)(H,52,53)(H2,35,40,55)(H2,36,39,54)/t19-,21+,22+,23+/m1/s1. The first kappa shape index (κ1) is 51.2. The van der Waals surface area contributed by atoms with Gasteiger partial charge < -0.3 is 56.7 Å². The number of rotatable bonds is 29. The molecule has 1 aromatic heterocycles. The van der Waals surface area contributed by atoms with Gasteiger partial charge in [-0.15, -0.1) is 0 Å². The molecule has 0 spiro atoms. The molecule has 330 valence electrons. The number of unbranched alkanes of at least 4 members (excludes halogenated alkanes) is 1. The van der Waals surface area contributed by atoms with Crippen molar-refractivity contribution in [3.8, 4) is 0 Å². The van der Waals surface area contributed by atoms with Crippen molar-refractivity contribution in [2.45, 2.75) is 83.3 Å². The van der Waals surface area contributed by atoms with E-state index in [0.29, 0.717) is 5.69 Å². The number of nitrogens with one attached hydrogen (secondary N) is 8. The molecule has 1 heterocycles. The maximum absolute atomic E-state index is 13.4. The van der Waals surface area contributed by atoms with Crippen LogP contribution in [0.5, 0.6) is 0 Å². The van der Waals surface area contributed by atoms with Gasteiger partial charge in [-0.2, -0.15) is 0 Å². The Morgan fingerprint density at radius 3 is 1.97 bits per heavy atom. The van der Waals surface area contributed by atoms with Crippen LogP contribution in [-0.2, 0) is 44.7 Å². The van der Waals surface area contributed by atoms with Gasteiger partial charge in [-0.3, -0.25) is 29.4 Å². The minimum Gasteiger partial charge on any atom is -0.481 e. The Kier molecular flexibility index (Phi) is 24.8. The van der Waals surface area contributed by atoms with E-state index in [1.54, 1.807) is 13.8 Å². The van der Waals surface area contributed by atoms with Gasteiger partial charge in [-0.05, 0) is 25.7 Å². The minimum absolute atomic E-state index is 0.0176. The molecule has 0 fully saturated rings. The second kappa shape index (κ2) is 28.6. The summed E-state index contributed by atoms with van der Waals surface area (Å²) in [5.74, 6) is -8.82. The molecule has 0 aliphatic rings. The molecule has 0 saturated heterocycles. The Hall–Kier alpha value is -5.79. The van der Waals surface area contributed by atoms with Crippen LogP contribution in [0, 0.1) is 11.8 Å². The average molecular weight is 878 g/mol. The van der Waals surface area contributed by atoms with E-state index >= 15 is 0 Å². The molecular formula is C33H51N9O15S2. The summed E-state index contributed by atoms with van der Waals surface area (Å²) in [6.45, 7) is 3.15. The first-order valence-corrected chi connectivity index (χ1v) is 20.6. The van der Waals surface area contributed by atoms with Crippen molar-refractivity contribution in [3.05, 3.63) is 18.2 Å². The first-order chi connectivity index (χ1) is 27.9. The number of hydrazine groups is 1. The molecule has 0 aliphatic heterocycles. The quantitative estimate of drug-likeness (QED) is 0.0282. The van der Waals surface area contributed by atoms with E-state index in [0.717, 1.165) is 21.6 Å². The molecule has 0 bridgehead atoms. The van der Waals surface area contributed by atoms with Crippen molar-refractivity contribution in [1.29, 1.82) is 0 Å². The van der Waals surface area contributed by atoms with E-state index < -0.39 is 96.5 Å². The zero-order chi connectivity index (χ0) is 44.3. The van der Waals surface area contributed by atoms with Gasteiger partial charge in [0.05, 0.1) is 24.7 Å². The van der Waals surface area contributed by atoms with Crippen LogP contribution in [0.3, 0.4) is 0 Å². The van der Waals surface area contributed by atoms with Crippen molar-refractivity contribution < 1.29 is 73.1 Å². The van der Waals surface area contributed by atoms with Gasteiger partial charge in [0, 0.05) is 61.7 Å². The molecule has 1 aromatic rings. The van der Waals surface area contributed by atoms with Crippen LogP contribution in [0.15, 0.2) is 12.5 Å². The van der Waals surface area contributed by atoms with Gasteiger partial charge in [0.2, 0.25) is 11.8 Å². The van der Waals surface area contributed by atoms with Crippen molar-refractivity contribution in [2.24, 2.45) is 11.8 Å². The van der Waals surface area contributed by atoms with E-state index in [4.69, 9.17) is 9.84 Å². The number of carboxylic acids is 4. The lowest BCUT2D eigenvalue weighted by Gasteiger charge is -2.22. The van der Waals surface area contributed by atoms with Gasteiger partial charge in [-0.25, -0.2) is 34.4 Å². The number of aliphatic carboxylic acids is 4. The monoisotopic (exact) mass is 877 g/mol. The van der Waals surface area contributed by atoms with E-state index in [9.17, 15) is 63.3 Å². The average Bonchev–Trinajstić information content (AvgIpc) is 3.67. The van der Waals surface area contributed by atoms with Crippen LogP contribution in [0.2, 0.25) is 0 Å². The molecule has 12 N–H and O–H groups in total. The lowest BCUT2D eigenvalue weighted by molar-refractivity contribution is -0.142. The first-order valence-electron chi connectivity index (χ1n) is 18.1. The fourth-order valence-electron chi connectivity index (χ4n) is 4.62. The molecule has 0 radical (unpaired) electrons. The van der Waals surface area contributed by atoms with Crippen LogP contribution in [-0.4, -0.2) is 139 Å². The molecule has 4 atom stereocenters. The number of nitrogens with zero attached hydrogens (tertiary/aromatic N) is 1. The van der Waals surface area contributed by atoms with E-state index in [-0.39, 0.29) is 75.6 Å². The fraction of sp³-hybridized carbons (Fsp3) is 0.606. The number of ether oxygens (including phenoxy) is 1. The summed E-state index contributed by atoms with van der Waals surface area (Å²) in [6, 6.07) is -6.04. The number of amides is 7. The number of hydrogen-bond acceptors (Lipinski definition) is 14. The van der Waals surface area contributed by atoms with E-state index in [1.807, 2.05) is 0 Å². The smallest absolute Gasteiger partial charge is 0.426 e. The molecule has 26 heteroatoms. The predicted octanol–water partition coefficient (Wildman–Crippen LogP) is -0.178. The number of aromatic amines is 1. The van der Waals surface area contributed by atoms with Crippen LogP contribution in [0.4, 0.5) is 14.4 Å². The molecule has 0 saturated carbocycles. The summed E-state index contributed by atoms with van der Waals surface area (Å²) in [4.78, 5) is 127. The highest BCUT2D eigenvalue weighted by Crippen LogP contribution is 2.22. The maximum Gasteiger partial charge on any atom is 0.426 e. The van der Waals surface area contributed by atoms with Gasteiger partial charge in [0.25, 0.3) is 0 Å². The zero-order valence-corrected chi connectivity index (χ0v) is 33.9. The molecule has 0 unspecified atom stereocenters. The van der Waals surface area contributed by atoms with Gasteiger partial charge in [0.1, 0.15) is 18.7 Å². The number of urea groups is 2. The van der Waals surface area contributed by atoms with Crippen molar-refractivity contribution in [2.75, 3.05) is 31.2 Å². The highest BCUT2D eigenvalue weighted by molar-refractivity contribution is 8.76. The molecule has 0 aliphatic carbocycles. The Balaban J connectivity index is 2.73. The summed E-state index contributed by atoms with van der Waals surface area (Å²) >= 11 is 0. The lowest BCUT2D eigenvalue weighted by Crippen LogP contribution is -2.49. The molecule has 59 heavy (non-hydrogen) atoms. The Morgan fingerprint density at radius 1 is 0.746 bits per heavy atom. The zero-order valence-electron chi connectivity index (χ0n) is 32.3. The Morgan fingerprint density at radius 2 is 1.39 bits per heavy atom. The molecular weight excluding hydrogens is 827 g/mol. The van der Waals surface area contributed by atoms with E-state index in [2.05, 4.69) is 47.4 Å². The maximum atomic E-state index is 13.4. The Bertz CT molecular complexity index is 1580. The minimum atomic E-state index is -1.60. The Labute approximate surface area is 345 Å². The van der Waals surface area contributed by atoms with Crippen LogP contribution in [0.1, 0.15) is 64.5 Å². The third kappa shape index (κ3) is 23.9. The molecule has 0 aromatic carbocycles. The second-order valence-electron chi connectivity index (χ2n) is 12.9. The SMILES string of the molecule is CC(C)C(=O)NNC(=O)OCCSSC[C@H](NC(=O)[C@@H](CC(=O)[C@H](CC(=O)O)NC(=O)NCCCC[C@H](NC(=O)NCCCC(=O)O)C(=O)O)Cc1cnc[nH]1)C(=O)O. The number of H-pyrrole nitrogens is 1. The topological polar surface area (TPSA) is 374 Å². The van der Waals surface area contributed by atoms with Gasteiger partial charge in [0.15, 0.2) is 5.78 Å². The number of ketones is 1. The molecule has 7 amide bonds. The number of carbonyl (C=O) groups excluding carboxylic acids is 6. The predicted molar refractivity (Wildman–Crippen MR) is 209 cm³/mol. The molecule has 24 nitrogen and oxygen atoms in total. The molecule has 1 rings (SSSR count). The van der Waals surface area contributed by atoms with Crippen LogP contribution in [0.25, 0.3) is 0 Å². The normalized spacial score (nSPS) is 12.7. The number of aromatic nitrogens is 2. The van der Waals surface area contributed by atoms with Gasteiger partial charge >= 0.3 is 42.0 Å². The second-order valence-corrected chi connectivity index (χ2v) is 15.5. The third-order valence-corrected chi connectivity index (χ3v) is 10.1. The summed E-state index contributed by atoms with van der Waals surface area (Å²) in [6.07, 6.45) is 0.575. The largest absolute Gasteiger partial charge is 0.481 e. The van der Waals surface area contributed by atoms with Crippen LogP contribution < -0.4 is 37.4 Å². The number of hydrogen-bond donors (Lipinski definition) is 12. The third-order valence-electron chi connectivity index (χ3n) is 7.72. The summed E-state index contributed by atoms with van der Waals surface area (Å²) in [5, 5.41) is 49.0.